The van der Waals surface area contributed by atoms with Crippen molar-refractivity contribution >= 4 is 16.9 Å². The molecule has 0 atom stereocenters. The van der Waals surface area contributed by atoms with Gasteiger partial charge < -0.3 is 5.73 Å². The van der Waals surface area contributed by atoms with Gasteiger partial charge >= 0.3 is 0 Å². The van der Waals surface area contributed by atoms with Crippen LogP contribution in [0.15, 0.2) is 4.99 Å². The number of nitrogens with zero attached hydrogens (tertiary/aromatic N) is 1. The fourth-order valence-electron chi connectivity index (χ4n) is 0.802. The fraction of sp³-hybridized carbons (Fsp3) is 0.833. The van der Waals surface area contributed by atoms with Gasteiger partial charge in [-0.2, -0.15) is 0 Å². The summed E-state index contributed by atoms with van der Waals surface area (Å²) in [5, 5.41) is 0.742. The molecule has 3 heteroatoms. The summed E-state index contributed by atoms with van der Waals surface area (Å²) in [6.07, 6.45) is 1.14. The summed E-state index contributed by atoms with van der Waals surface area (Å²) in [5.41, 5.74) is 5.52. The maximum Gasteiger partial charge on any atom is 0.154 e. The predicted molar refractivity (Wildman–Crippen MR) is 42.8 cm³/mol. The van der Waals surface area contributed by atoms with Crippen molar-refractivity contribution in [3.05, 3.63) is 0 Å². The van der Waals surface area contributed by atoms with Gasteiger partial charge in [0, 0.05) is 11.3 Å². The molecule has 0 aliphatic carbocycles. The van der Waals surface area contributed by atoms with Crippen LogP contribution in [0, 0.1) is 0 Å². The van der Waals surface area contributed by atoms with Gasteiger partial charge in [-0.3, -0.25) is 4.99 Å². The van der Waals surface area contributed by atoms with E-state index in [1.165, 1.54) is 0 Å². The minimum absolute atomic E-state index is 0.311. The highest BCUT2D eigenvalue weighted by atomic mass is 32.2. The predicted octanol–water partition coefficient (Wildman–Crippen LogP) is 1.22. The van der Waals surface area contributed by atoms with Gasteiger partial charge in [0.15, 0.2) is 5.17 Å². The SMILES string of the molecule is CC1(C)CCN=C(N)S1. The van der Waals surface area contributed by atoms with Crippen molar-refractivity contribution in [2.24, 2.45) is 10.7 Å². The third-order valence-corrected chi connectivity index (χ3v) is 2.46. The van der Waals surface area contributed by atoms with Gasteiger partial charge in [0.2, 0.25) is 0 Å². The van der Waals surface area contributed by atoms with E-state index in [-0.39, 0.29) is 0 Å². The van der Waals surface area contributed by atoms with Crippen LogP contribution in [0.1, 0.15) is 20.3 Å². The number of thioether (sulfide) groups is 1. The summed E-state index contributed by atoms with van der Waals surface area (Å²) in [4.78, 5) is 4.08. The van der Waals surface area contributed by atoms with E-state index in [0.717, 1.165) is 18.1 Å². The van der Waals surface area contributed by atoms with E-state index in [1.807, 2.05) is 0 Å². The molecule has 0 fully saturated rings. The van der Waals surface area contributed by atoms with E-state index in [2.05, 4.69) is 18.8 Å². The van der Waals surface area contributed by atoms with Crippen LogP contribution in [0.3, 0.4) is 0 Å². The van der Waals surface area contributed by atoms with Gasteiger partial charge in [-0.05, 0) is 6.42 Å². The van der Waals surface area contributed by atoms with Crippen LogP contribution in [0.25, 0.3) is 0 Å². The molecule has 0 amide bonds. The molecule has 0 spiro atoms. The second-order valence-electron chi connectivity index (χ2n) is 2.83. The van der Waals surface area contributed by atoms with Gasteiger partial charge in [0.05, 0.1) is 0 Å². The lowest BCUT2D eigenvalue weighted by Crippen LogP contribution is -2.27. The number of rotatable bonds is 0. The van der Waals surface area contributed by atoms with Gasteiger partial charge in [-0.15, -0.1) is 0 Å². The number of amidine groups is 1. The van der Waals surface area contributed by atoms with Crippen molar-refractivity contribution < 1.29 is 0 Å². The summed E-state index contributed by atoms with van der Waals surface area (Å²) in [6.45, 7) is 5.28. The normalized spacial score (nSPS) is 25.3. The Morgan fingerprint density at radius 3 is 2.67 bits per heavy atom. The molecule has 0 radical (unpaired) electrons. The molecule has 0 aromatic carbocycles. The largest absolute Gasteiger partial charge is 0.379 e. The van der Waals surface area contributed by atoms with Crippen LogP contribution >= 0.6 is 11.8 Å². The van der Waals surface area contributed by atoms with Crippen molar-refractivity contribution in [3.63, 3.8) is 0 Å². The van der Waals surface area contributed by atoms with E-state index in [9.17, 15) is 0 Å². The average Bonchev–Trinajstić information content (AvgIpc) is 1.60. The molecule has 1 rings (SSSR count). The number of hydrogen-bond acceptors (Lipinski definition) is 3. The molecule has 0 bridgehead atoms. The lowest BCUT2D eigenvalue weighted by Gasteiger charge is -2.25. The summed E-state index contributed by atoms with van der Waals surface area (Å²) in [7, 11) is 0. The molecule has 2 N–H and O–H groups in total. The number of hydrogen-bond donors (Lipinski definition) is 1. The molecular weight excluding hydrogens is 132 g/mol. The first-order chi connectivity index (χ1) is 4.10. The zero-order valence-corrected chi connectivity index (χ0v) is 6.66. The Hall–Kier alpha value is -0.180. The molecular formula is C6H12N2S. The van der Waals surface area contributed by atoms with Crippen molar-refractivity contribution in [1.82, 2.24) is 0 Å². The Kier molecular flexibility index (Phi) is 1.70. The standard InChI is InChI=1S/C6H12N2S/c1-6(2)3-4-8-5(7)9-6/h3-4H2,1-2H3,(H2,7,8). The second-order valence-corrected chi connectivity index (χ2v) is 4.56. The molecule has 1 heterocycles. The van der Waals surface area contributed by atoms with E-state index < -0.39 is 0 Å². The lowest BCUT2D eigenvalue weighted by molar-refractivity contribution is 0.646. The molecule has 0 aromatic rings. The topological polar surface area (TPSA) is 38.4 Å². The van der Waals surface area contributed by atoms with E-state index in [0.29, 0.717) is 4.75 Å². The van der Waals surface area contributed by atoms with Crippen molar-refractivity contribution in [2.75, 3.05) is 6.54 Å². The quantitative estimate of drug-likeness (QED) is 0.555. The molecule has 1 aliphatic rings. The van der Waals surface area contributed by atoms with Crippen molar-refractivity contribution in [2.45, 2.75) is 25.0 Å². The van der Waals surface area contributed by atoms with Gasteiger partial charge in [0.1, 0.15) is 0 Å². The molecule has 52 valence electrons. The summed E-state index contributed by atoms with van der Waals surface area (Å²) in [6, 6.07) is 0. The highest BCUT2D eigenvalue weighted by molar-refractivity contribution is 8.15. The van der Waals surface area contributed by atoms with E-state index in [4.69, 9.17) is 5.73 Å². The summed E-state index contributed by atoms with van der Waals surface area (Å²) >= 11 is 1.67. The van der Waals surface area contributed by atoms with E-state index >= 15 is 0 Å². The molecule has 0 unspecified atom stereocenters. The molecule has 1 aliphatic heterocycles. The zero-order chi connectivity index (χ0) is 6.91. The first-order valence-electron chi connectivity index (χ1n) is 3.09. The molecule has 0 saturated carbocycles. The van der Waals surface area contributed by atoms with Gasteiger partial charge in [-0.25, -0.2) is 0 Å². The van der Waals surface area contributed by atoms with Crippen LogP contribution in [0.4, 0.5) is 0 Å². The highest BCUT2D eigenvalue weighted by Gasteiger charge is 2.22. The van der Waals surface area contributed by atoms with Gasteiger partial charge in [-0.1, -0.05) is 25.6 Å². The van der Waals surface area contributed by atoms with Crippen LogP contribution < -0.4 is 5.73 Å². The first kappa shape index (κ1) is 6.93. The molecule has 2 nitrogen and oxygen atoms in total. The minimum atomic E-state index is 0.311. The van der Waals surface area contributed by atoms with Crippen molar-refractivity contribution in [1.29, 1.82) is 0 Å². The number of nitrogens with two attached hydrogens (primary N) is 1. The Morgan fingerprint density at radius 2 is 2.33 bits per heavy atom. The van der Waals surface area contributed by atoms with Crippen LogP contribution in [-0.2, 0) is 0 Å². The maximum absolute atomic E-state index is 5.52. The van der Waals surface area contributed by atoms with E-state index in [1.54, 1.807) is 11.8 Å². The smallest absolute Gasteiger partial charge is 0.154 e. The second kappa shape index (κ2) is 2.21. The first-order valence-corrected chi connectivity index (χ1v) is 3.91. The third kappa shape index (κ3) is 1.90. The van der Waals surface area contributed by atoms with Crippen LogP contribution in [0.5, 0.6) is 0 Å². The monoisotopic (exact) mass is 144 g/mol. The zero-order valence-electron chi connectivity index (χ0n) is 5.85. The molecule has 9 heavy (non-hydrogen) atoms. The number of aliphatic imine (C=N–C) groups is 1. The average molecular weight is 144 g/mol. The summed E-state index contributed by atoms with van der Waals surface area (Å²) < 4.78 is 0.311. The van der Waals surface area contributed by atoms with Crippen LogP contribution in [-0.4, -0.2) is 16.5 Å². The highest BCUT2D eigenvalue weighted by Crippen LogP contribution is 2.30. The van der Waals surface area contributed by atoms with Gasteiger partial charge in [0.25, 0.3) is 0 Å². The fourth-order valence-corrected chi connectivity index (χ4v) is 1.72. The van der Waals surface area contributed by atoms with Crippen LogP contribution in [0.2, 0.25) is 0 Å². The Bertz CT molecular complexity index is 140. The molecule has 0 saturated heterocycles. The lowest BCUT2D eigenvalue weighted by atomic mass is 10.1. The Balaban J connectivity index is 2.59. The Morgan fingerprint density at radius 1 is 1.67 bits per heavy atom. The summed E-state index contributed by atoms with van der Waals surface area (Å²) in [5.74, 6) is 0. The molecule has 0 aromatic heterocycles. The Labute approximate surface area is 59.9 Å². The minimum Gasteiger partial charge on any atom is -0.379 e. The third-order valence-electron chi connectivity index (χ3n) is 1.36. The van der Waals surface area contributed by atoms with Crippen molar-refractivity contribution in [3.8, 4) is 0 Å². The maximum atomic E-state index is 5.52.